The number of benzene rings is 1. The summed E-state index contributed by atoms with van der Waals surface area (Å²) in [4.78, 5) is 0. The van der Waals surface area contributed by atoms with Crippen LogP contribution in [0, 0.1) is 29.1 Å². The van der Waals surface area contributed by atoms with Crippen LogP contribution in [0.3, 0.4) is 0 Å². The van der Waals surface area contributed by atoms with Crippen LogP contribution in [0.1, 0.15) is 5.56 Å². The Labute approximate surface area is 114 Å². The highest BCUT2D eigenvalue weighted by Crippen LogP contribution is 2.44. The lowest BCUT2D eigenvalue weighted by atomic mass is 10.1. The number of alkyl halides is 2. The molecule has 0 aliphatic carbocycles. The largest absolute Gasteiger partial charge is 1.00 e. The summed E-state index contributed by atoms with van der Waals surface area (Å²) in [7, 11) is 0. The second-order valence-electron chi connectivity index (χ2n) is 2.93. The van der Waals surface area contributed by atoms with Crippen LogP contribution in [0.5, 0.6) is 0 Å². The van der Waals surface area contributed by atoms with E-state index < -0.39 is 45.8 Å². The Bertz CT molecular complexity index is 467. The Morgan fingerprint density at radius 2 is 0.895 bits per heavy atom. The molecule has 0 saturated carbocycles. The first-order valence-corrected chi connectivity index (χ1v) is 3.80. The molecule has 0 N–H and O–H groups in total. The summed E-state index contributed by atoms with van der Waals surface area (Å²) in [6.07, 6.45) is 0. The van der Waals surface area contributed by atoms with E-state index in [0.29, 0.717) is 0 Å². The fourth-order valence-electron chi connectivity index (χ4n) is 0.996. The van der Waals surface area contributed by atoms with Gasteiger partial charge in [-0.05, 0) is 0 Å². The van der Waals surface area contributed by atoms with Crippen molar-refractivity contribution in [1.82, 2.24) is 0 Å². The van der Waals surface area contributed by atoms with Crippen molar-refractivity contribution in [3.63, 3.8) is 0 Å². The molecule has 1 rings (SSSR count). The van der Waals surface area contributed by atoms with Crippen LogP contribution in [0.4, 0.5) is 44.2 Å². The van der Waals surface area contributed by atoms with Crippen LogP contribution in [0.2, 0.25) is 0 Å². The molecule has 1 nitrogen and oxygen atoms in total. The van der Waals surface area contributed by atoms with Gasteiger partial charge in [0.1, 0.15) is 0 Å². The van der Waals surface area contributed by atoms with E-state index >= 15 is 0 Å². The summed E-state index contributed by atoms with van der Waals surface area (Å²) in [5.74, 6) is -15.1. The van der Waals surface area contributed by atoms with Crippen LogP contribution < -0.4 is 24.0 Å². The highest BCUT2D eigenvalue weighted by molar-refractivity contribution is 5.26. The molecule has 0 unspecified atom stereocenters. The molecule has 1 aromatic rings. The van der Waals surface area contributed by atoms with E-state index in [2.05, 4.69) is 0 Å². The Morgan fingerprint density at radius 3 is 1.16 bits per heavy atom. The molecule has 110 valence electrons. The summed E-state index contributed by atoms with van der Waals surface area (Å²) < 4.78 is 123. The highest BCUT2D eigenvalue weighted by atomic mass is 127. The van der Waals surface area contributed by atoms with Crippen molar-refractivity contribution in [2.45, 2.75) is 6.05 Å². The molecule has 12 heteroatoms. The monoisotopic (exact) mass is 415 g/mol. The topological polar surface area (TPSA) is 0 Å². The van der Waals surface area contributed by atoms with Crippen molar-refractivity contribution in [3.05, 3.63) is 34.6 Å². The van der Waals surface area contributed by atoms with Crippen LogP contribution >= 0.6 is 0 Å². The molecule has 0 spiro atoms. The van der Waals surface area contributed by atoms with E-state index in [1.54, 1.807) is 0 Å². The molecule has 0 aromatic heterocycles. The first kappa shape index (κ1) is 18.2. The van der Waals surface area contributed by atoms with E-state index in [9.17, 15) is 44.2 Å². The summed E-state index contributed by atoms with van der Waals surface area (Å²) >= 11 is 0. The molecule has 0 saturated heterocycles. The third-order valence-electron chi connectivity index (χ3n) is 1.83. The van der Waals surface area contributed by atoms with Crippen molar-refractivity contribution in [2.24, 2.45) is 0 Å². The maximum atomic E-state index is 12.7. The molecular weight excluding hydrogens is 415 g/mol. The summed E-state index contributed by atoms with van der Waals surface area (Å²) in [6, 6.07) is -6.27. The van der Waals surface area contributed by atoms with Crippen molar-refractivity contribution in [3.8, 4) is 0 Å². The Morgan fingerprint density at radius 1 is 0.632 bits per heavy atom. The Balaban J connectivity index is 0.00000324. The number of hydrogen-bond donors (Lipinski definition) is 0. The number of hydrogen-bond acceptors (Lipinski definition) is 0. The molecule has 0 aliphatic rings. The minimum Gasteiger partial charge on any atom is -1.00 e. The van der Waals surface area contributed by atoms with Crippen LogP contribution in [0.25, 0.3) is 0 Å². The maximum Gasteiger partial charge on any atom is 0.538 e. The smallest absolute Gasteiger partial charge is 0.538 e. The van der Waals surface area contributed by atoms with Crippen LogP contribution in [0.15, 0.2) is 0 Å². The van der Waals surface area contributed by atoms with E-state index in [0.717, 1.165) is 0 Å². The number of rotatable bonds is 2. The molecule has 1 aromatic carbocycles. The maximum absolute atomic E-state index is 12.7. The SMILES string of the molecule is Fc1c(F)c(F)c(C(F)(F)[N+](F)(F)F)c(F)c1F.[I-]. The van der Waals surface area contributed by atoms with Gasteiger partial charge in [-0.1, -0.05) is 0 Å². The Kier molecular flexibility index (Phi) is 5.08. The van der Waals surface area contributed by atoms with Crippen LogP contribution in [-0.2, 0) is 6.05 Å². The van der Waals surface area contributed by atoms with Gasteiger partial charge in [0.25, 0.3) is 0 Å². The third kappa shape index (κ3) is 2.73. The van der Waals surface area contributed by atoms with Gasteiger partial charge in [0, 0.05) is 0 Å². The zero-order valence-corrected chi connectivity index (χ0v) is 10.3. The van der Waals surface area contributed by atoms with Crippen molar-refractivity contribution >= 4 is 0 Å². The first-order chi connectivity index (χ1) is 7.93. The van der Waals surface area contributed by atoms with E-state index in [4.69, 9.17) is 0 Å². The molecule has 19 heavy (non-hydrogen) atoms. The molecule has 0 atom stereocenters. The molecular formula is C7F10IN. The van der Waals surface area contributed by atoms with Crippen LogP contribution in [-0.4, -0.2) is 5.15 Å². The molecule has 0 heterocycles. The lowest BCUT2D eigenvalue weighted by Gasteiger charge is -2.15. The lowest BCUT2D eigenvalue weighted by molar-refractivity contribution is -1.32. The fourth-order valence-corrected chi connectivity index (χ4v) is 0.996. The average Bonchev–Trinajstić information content (AvgIpc) is 2.22. The van der Waals surface area contributed by atoms with Gasteiger partial charge in [-0.3, -0.25) is 0 Å². The van der Waals surface area contributed by atoms with Gasteiger partial charge in [0.2, 0.25) is 5.82 Å². The third-order valence-corrected chi connectivity index (χ3v) is 1.83. The zero-order chi connectivity index (χ0) is 14.5. The number of nitrogens with zero attached hydrogens (tertiary/aromatic N) is 1. The lowest BCUT2D eigenvalue weighted by Crippen LogP contribution is -3.00. The highest BCUT2D eigenvalue weighted by Gasteiger charge is 2.68. The molecule has 0 radical (unpaired) electrons. The number of halogens is 11. The molecule has 0 fully saturated rings. The quantitative estimate of drug-likeness (QED) is 0.168. The van der Waals surface area contributed by atoms with Gasteiger partial charge < -0.3 is 24.0 Å². The minimum absolute atomic E-state index is 0. The van der Waals surface area contributed by atoms with Crippen molar-refractivity contribution in [2.75, 3.05) is 0 Å². The van der Waals surface area contributed by atoms with E-state index in [-0.39, 0.29) is 24.0 Å². The van der Waals surface area contributed by atoms with Gasteiger partial charge in [-0.2, -0.15) is 0 Å². The first-order valence-electron chi connectivity index (χ1n) is 3.80. The van der Waals surface area contributed by atoms with Gasteiger partial charge >= 0.3 is 11.2 Å². The number of quaternary nitrogens is 1. The predicted octanol–water partition coefficient (Wildman–Crippen LogP) is 0.906. The van der Waals surface area contributed by atoms with E-state index in [1.807, 2.05) is 0 Å². The standard InChI is InChI=1S/C7F10N.HI/c8-2-1(7(13,14)18(15,16)17)3(9)5(11)6(12)4(2)10;/h;1H/q+1;/p-1. The van der Waals surface area contributed by atoms with Gasteiger partial charge in [0.05, 0.1) is 13.4 Å². The average molecular weight is 415 g/mol. The zero-order valence-electron chi connectivity index (χ0n) is 8.10. The summed E-state index contributed by atoms with van der Waals surface area (Å²) in [5.41, 5.74) is -3.26. The normalized spacial score (nSPS) is 12.3. The van der Waals surface area contributed by atoms with Crippen molar-refractivity contribution < 1.29 is 73.3 Å². The predicted molar refractivity (Wildman–Crippen MR) is 33.7 cm³/mol. The van der Waals surface area contributed by atoms with E-state index in [1.165, 1.54) is 0 Å². The minimum atomic E-state index is -6.27. The molecule has 0 aliphatic heterocycles. The van der Waals surface area contributed by atoms with Gasteiger partial charge in [0.15, 0.2) is 28.8 Å². The van der Waals surface area contributed by atoms with Crippen molar-refractivity contribution in [1.29, 1.82) is 0 Å². The Hall–Kier alpha value is -0.790. The summed E-state index contributed by atoms with van der Waals surface area (Å²) in [5, 5.41) is -5.83. The molecule has 0 bridgehead atoms. The second kappa shape index (κ2) is 5.30. The second-order valence-corrected chi connectivity index (χ2v) is 2.93. The summed E-state index contributed by atoms with van der Waals surface area (Å²) in [6.45, 7) is 0. The molecule has 0 amide bonds. The fraction of sp³-hybridized carbons (Fsp3) is 0.143. The van der Waals surface area contributed by atoms with Gasteiger partial charge in [-0.25, -0.2) is 22.0 Å². The van der Waals surface area contributed by atoms with Gasteiger partial charge in [-0.15, -0.1) is 8.78 Å².